The van der Waals surface area contributed by atoms with Gasteiger partial charge in [-0.15, -0.1) is 0 Å². The molecule has 3 aromatic rings. The van der Waals surface area contributed by atoms with Gasteiger partial charge >= 0.3 is 5.69 Å². The molecule has 3 rings (SSSR count). The molecule has 2 aromatic carbocycles. The van der Waals surface area contributed by atoms with Crippen LogP contribution in [0.15, 0.2) is 52.1 Å². The molecule has 6 heteroatoms. The summed E-state index contributed by atoms with van der Waals surface area (Å²) in [5, 5.41) is 18.9. The summed E-state index contributed by atoms with van der Waals surface area (Å²) < 4.78 is 0.971. The number of fused-ring (bicyclic) bond motifs is 1. The normalized spacial score (nSPS) is 10.8. The van der Waals surface area contributed by atoms with Gasteiger partial charge in [0.2, 0.25) is 0 Å². The molecular weight excluding hydrogens is 260 g/mol. The largest absolute Gasteiger partial charge is 0.508 e. The maximum atomic E-state index is 12.3. The van der Waals surface area contributed by atoms with E-state index in [-0.39, 0.29) is 22.4 Å². The molecule has 0 unspecified atom stereocenters. The van der Waals surface area contributed by atoms with Crippen molar-refractivity contribution in [2.24, 2.45) is 0 Å². The number of nitrogens with zero attached hydrogens (tertiary/aromatic N) is 1. The Morgan fingerprint density at radius 1 is 0.900 bits per heavy atom. The predicted octanol–water partition coefficient (Wildman–Crippen LogP) is 1.09. The Labute approximate surface area is 112 Å². The Balaban J connectivity index is 2.37. The van der Waals surface area contributed by atoms with Crippen LogP contribution in [0, 0.1) is 0 Å². The number of phenolic OH excluding ortho intramolecular Hbond substituents is 2. The van der Waals surface area contributed by atoms with Gasteiger partial charge in [0.1, 0.15) is 11.5 Å². The second-order valence-electron chi connectivity index (χ2n) is 4.32. The Kier molecular flexibility index (Phi) is 2.57. The minimum atomic E-state index is -0.612. The Morgan fingerprint density at radius 3 is 2.25 bits per heavy atom. The fourth-order valence-corrected chi connectivity index (χ4v) is 2.04. The van der Waals surface area contributed by atoms with E-state index < -0.39 is 11.2 Å². The smallest absolute Gasteiger partial charge is 0.333 e. The summed E-state index contributed by atoms with van der Waals surface area (Å²) in [6.07, 6.45) is 0. The van der Waals surface area contributed by atoms with Gasteiger partial charge in [-0.1, -0.05) is 0 Å². The zero-order chi connectivity index (χ0) is 14.3. The molecule has 0 bridgehead atoms. The van der Waals surface area contributed by atoms with Gasteiger partial charge in [0.15, 0.2) is 0 Å². The third kappa shape index (κ3) is 1.83. The summed E-state index contributed by atoms with van der Waals surface area (Å²) in [5.74, 6) is 0.0128. The molecule has 20 heavy (non-hydrogen) atoms. The zero-order valence-electron chi connectivity index (χ0n) is 10.2. The summed E-state index contributed by atoms with van der Waals surface area (Å²) >= 11 is 0. The molecule has 0 spiro atoms. The highest BCUT2D eigenvalue weighted by atomic mass is 16.3. The third-order valence-corrected chi connectivity index (χ3v) is 2.99. The third-order valence-electron chi connectivity index (χ3n) is 2.99. The predicted molar refractivity (Wildman–Crippen MR) is 73.5 cm³/mol. The van der Waals surface area contributed by atoms with Gasteiger partial charge in [0.05, 0.1) is 16.6 Å². The van der Waals surface area contributed by atoms with E-state index in [9.17, 15) is 19.8 Å². The van der Waals surface area contributed by atoms with Crippen LogP contribution in [0.25, 0.3) is 16.6 Å². The highest BCUT2D eigenvalue weighted by Gasteiger charge is 2.09. The van der Waals surface area contributed by atoms with Crippen molar-refractivity contribution in [3.05, 3.63) is 63.3 Å². The van der Waals surface area contributed by atoms with Crippen molar-refractivity contribution in [2.75, 3.05) is 0 Å². The van der Waals surface area contributed by atoms with E-state index >= 15 is 0 Å². The number of phenols is 2. The molecule has 0 atom stereocenters. The van der Waals surface area contributed by atoms with E-state index in [0.717, 1.165) is 4.57 Å². The SMILES string of the molecule is O=c1[nH]c2cc(O)ccc2c(=O)n1-c1ccc(O)cc1. The van der Waals surface area contributed by atoms with Crippen LogP contribution in [0.2, 0.25) is 0 Å². The van der Waals surface area contributed by atoms with Gasteiger partial charge < -0.3 is 15.2 Å². The van der Waals surface area contributed by atoms with Crippen LogP contribution in [0.5, 0.6) is 11.5 Å². The number of aromatic nitrogens is 2. The van der Waals surface area contributed by atoms with Crippen LogP contribution in [0.1, 0.15) is 0 Å². The first-order valence-corrected chi connectivity index (χ1v) is 5.84. The van der Waals surface area contributed by atoms with Crippen molar-refractivity contribution in [3.63, 3.8) is 0 Å². The number of aromatic hydroxyl groups is 2. The zero-order valence-corrected chi connectivity index (χ0v) is 10.2. The van der Waals surface area contributed by atoms with Gasteiger partial charge in [-0.2, -0.15) is 0 Å². The Hall–Kier alpha value is -3.02. The number of aromatic amines is 1. The fraction of sp³-hybridized carbons (Fsp3) is 0. The van der Waals surface area contributed by atoms with Crippen molar-refractivity contribution < 1.29 is 10.2 Å². The van der Waals surface area contributed by atoms with Crippen molar-refractivity contribution in [1.82, 2.24) is 9.55 Å². The molecule has 0 amide bonds. The van der Waals surface area contributed by atoms with E-state index in [4.69, 9.17) is 0 Å². The summed E-state index contributed by atoms with van der Waals surface area (Å²) in [6, 6.07) is 9.86. The van der Waals surface area contributed by atoms with Crippen molar-refractivity contribution in [3.8, 4) is 17.2 Å². The van der Waals surface area contributed by atoms with E-state index in [1.54, 1.807) is 0 Å². The van der Waals surface area contributed by atoms with Crippen molar-refractivity contribution in [2.45, 2.75) is 0 Å². The second-order valence-corrected chi connectivity index (χ2v) is 4.32. The van der Waals surface area contributed by atoms with E-state index in [1.807, 2.05) is 0 Å². The van der Waals surface area contributed by atoms with Crippen molar-refractivity contribution in [1.29, 1.82) is 0 Å². The molecule has 1 heterocycles. The molecule has 0 aliphatic heterocycles. The average Bonchev–Trinajstić information content (AvgIpc) is 2.40. The number of hydrogen-bond acceptors (Lipinski definition) is 4. The molecule has 0 saturated heterocycles. The summed E-state index contributed by atoms with van der Waals surface area (Å²) in [6.45, 7) is 0. The minimum absolute atomic E-state index is 0.0325. The molecule has 1 aromatic heterocycles. The molecule has 0 radical (unpaired) electrons. The number of nitrogens with one attached hydrogen (secondary N) is 1. The first-order chi connectivity index (χ1) is 9.56. The number of H-pyrrole nitrogens is 1. The first-order valence-electron chi connectivity index (χ1n) is 5.84. The fourth-order valence-electron chi connectivity index (χ4n) is 2.04. The maximum Gasteiger partial charge on any atom is 0.333 e. The lowest BCUT2D eigenvalue weighted by Gasteiger charge is -2.06. The second kappa shape index (κ2) is 4.27. The van der Waals surface area contributed by atoms with Crippen LogP contribution in [0.4, 0.5) is 0 Å². The van der Waals surface area contributed by atoms with Crippen LogP contribution < -0.4 is 11.2 Å². The van der Waals surface area contributed by atoms with E-state index in [1.165, 1.54) is 42.5 Å². The average molecular weight is 270 g/mol. The summed E-state index contributed by atoms with van der Waals surface area (Å²) in [4.78, 5) is 26.9. The lowest BCUT2D eigenvalue weighted by molar-refractivity contribution is 0.475. The maximum absolute atomic E-state index is 12.3. The lowest BCUT2D eigenvalue weighted by atomic mass is 10.2. The topological polar surface area (TPSA) is 95.3 Å². The number of rotatable bonds is 1. The van der Waals surface area contributed by atoms with Crippen LogP contribution in [-0.2, 0) is 0 Å². The van der Waals surface area contributed by atoms with E-state index in [2.05, 4.69) is 4.98 Å². The molecule has 100 valence electrons. The van der Waals surface area contributed by atoms with Gasteiger partial charge in [-0.05, 0) is 36.4 Å². The highest BCUT2D eigenvalue weighted by Crippen LogP contribution is 2.15. The quantitative estimate of drug-likeness (QED) is 0.616. The molecule has 0 aliphatic carbocycles. The number of benzene rings is 2. The van der Waals surface area contributed by atoms with Crippen LogP contribution >= 0.6 is 0 Å². The molecule has 3 N–H and O–H groups in total. The summed E-state index contributed by atoms with van der Waals surface area (Å²) in [5.41, 5.74) is -0.479. The molecule has 0 aliphatic rings. The van der Waals surface area contributed by atoms with Gasteiger partial charge in [0.25, 0.3) is 5.56 Å². The van der Waals surface area contributed by atoms with Crippen LogP contribution in [0.3, 0.4) is 0 Å². The van der Waals surface area contributed by atoms with Crippen LogP contribution in [-0.4, -0.2) is 19.8 Å². The first kappa shape index (κ1) is 12.0. The van der Waals surface area contributed by atoms with Crippen molar-refractivity contribution >= 4 is 10.9 Å². The van der Waals surface area contributed by atoms with Gasteiger partial charge in [-0.25, -0.2) is 9.36 Å². The Morgan fingerprint density at radius 2 is 1.55 bits per heavy atom. The molecular formula is C14H10N2O4. The molecule has 0 fully saturated rings. The Bertz CT molecular complexity index is 907. The van der Waals surface area contributed by atoms with Gasteiger partial charge in [0, 0.05) is 6.07 Å². The van der Waals surface area contributed by atoms with E-state index in [0.29, 0.717) is 5.69 Å². The molecule has 6 nitrogen and oxygen atoms in total. The monoisotopic (exact) mass is 270 g/mol. The number of hydrogen-bond donors (Lipinski definition) is 3. The lowest BCUT2D eigenvalue weighted by Crippen LogP contribution is -2.33. The molecule has 0 saturated carbocycles. The minimum Gasteiger partial charge on any atom is -0.508 e. The van der Waals surface area contributed by atoms with Gasteiger partial charge in [-0.3, -0.25) is 4.79 Å². The highest BCUT2D eigenvalue weighted by molar-refractivity contribution is 5.79. The standard InChI is InChI=1S/C14H10N2O4/c17-9-3-1-8(2-4-9)16-13(19)11-6-5-10(18)7-12(11)15-14(16)20/h1-7,17-18H,(H,15,20). The summed E-state index contributed by atoms with van der Waals surface area (Å²) in [7, 11) is 0.